The maximum absolute atomic E-state index is 12.1. The molecule has 0 radical (unpaired) electrons. The summed E-state index contributed by atoms with van der Waals surface area (Å²) in [7, 11) is 1.60. The van der Waals surface area contributed by atoms with Crippen molar-refractivity contribution in [3.05, 3.63) is 0 Å². The van der Waals surface area contributed by atoms with Crippen molar-refractivity contribution >= 4 is 11.9 Å². The third-order valence-corrected chi connectivity index (χ3v) is 4.08. The van der Waals surface area contributed by atoms with Gasteiger partial charge in [0.15, 0.2) is 0 Å². The molecule has 2 aliphatic rings. The highest BCUT2D eigenvalue weighted by molar-refractivity contribution is 6.09. The van der Waals surface area contributed by atoms with Gasteiger partial charge in [0, 0.05) is 20.1 Å². The summed E-state index contributed by atoms with van der Waals surface area (Å²) < 4.78 is 11.2. The Morgan fingerprint density at radius 2 is 2.05 bits per heavy atom. The molecule has 1 unspecified atom stereocenters. The van der Waals surface area contributed by atoms with Crippen LogP contribution >= 0.6 is 0 Å². The number of amides is 2. The maximum atomic E-state index is 12.1. The third-order valence-electron chi connectivity index (χ3n) is 4.08. The van der Waals surface area contributed by atoms with E-state index in [-0.39, 0.29) is 17.5 Å². The summed E-state index contributed by atoms with van der Waals surface area (Å²) in [5.41, 5.74) is -1.71. The van der Waals surface area contributed by atoms with Crippen molar-refractivity contribution in [1.82, 2.24) is 10.2 Å². The Morgan fingerprint density at radius 3 is 2.53 bits per heavy atom. The summed E-state index contributed by atoms with van der Waals surface area (Å²) in [5, 5.41) is 10.9. The number of hydrogen-bond donors (Lipinski definition) is 2. The van der Waals surface area contributed by atoms with Crippen LogP contribution in [0.25, 0.3) is 0 Å². The molecule has 108 valence electrons. The maximum Gasteiger partial charge on any atom is 0.323 e. The van der Waals surface area contributed by atoms with E-state index in [1.165, 1.54) is 0 Å². The molecule has 2 fully saturated rings. The summed E-state index contributed by atoms with van der Waals surface area (Å²) in [4.78, 5) is 13.8. The minimum Gasteiger partial charge on any atom is -0.383 e. The molecule has 1 spiro atoms. The number of hydrogen-bond acceptors (Lipinski definition) is 4. The van der Waals surface area contributed by atoms with E-state index < -0.39 is 11.1 Å². The molecule has 2 rings (SSSR count). The fourth-order valence-electron chi connectivity index (χ4n) is 3.51. The number of nitrogens with one attached hydrogen (secondary N) is 2. The number of amidine groups is 1. The first-order valence-corrected chi connectivity index (χ1v) is 6.53. The smallest absolute Gasteiger partial charge is 0.323 e. The molecule has 0 aromatic rings. The molecule has 0 bridgehead atoms. The summed E-state index contributed by atoms with van der Waals surface area (Å²) in [6.07, 6.45) is 0.605. The lowest BCUT2D eigenvalue weighted by Crippen LogP contribution is -2.61. The van der Waals surface area contributed by atoms with E-state index in [1.54, 1.807) is 12.0 Å². The Hall–Kier alpha value is -1.14. The second kappa shape index (κ2) is 4.18. The topological polar surface area (TPSA) is 74.7 Å². The Bertz CT molecular complexity index is 419. The molecule has 6 heteroatoms. The van der Waals surface area contributed by atoms with Gasteiger partial charge in [0.05, 0.1) is 17.8 Å². The van der Waals surface area contributed by atoms with E-state index in [0.717, 1.165) is 0 Å². The first kappa shape index (κ1) is 14.3. The number of methoxy groups -OCH3 is 1. The average molecular weight is 269 g/mol. The van der Waals surface area contributed by atoms with Crippen LogP contribution in [0.4, 0.5) is 4.79 Å². The summed E-state index contributed by atoms with van der Waals surface area (Å²) in [6.45, 7) is 8.77. The Kier molecular flexibility index (Phi) is 3.14. The van der Waals surface area contributed by atoms with Gasteiger partial charge in [-0.05, 0) is 27.7 Å². The minimum absolute atomic E-state index is 0.226. The zero-order chi connectivity index (χ0) is 14.5. The van der Waals surface area contributed by atoms with Gasteiger partial charge in [-0.25, -0.2) is 4.79 Å². The van der Waals surface area contributed by atoms with E-state index >= 15 is 0 Å². The van der Waals surface area contributed by atoms with Gasteiger partial charge in [0.2, 0.25) is 0 Å². The summed E-state index contributed by atoms with van der Waals surface area (Å²) in [6, 6.07) is -0.239. The SMILES string of the molecule is COCCN1C(=O)NC(=N)C12CC(C)(C)OC2(C)C. The molecule has 2 saturated heterocycles. The van der Waals surface area contributed by atoms with E-state index in [9.17, 15) is 4.79 Å². The van der Waals surface area contributed by atoms with Crippen LogP contribution in [-0.4, -0.2) is 53.8 Å². The normalized spacial score (nSPS) is 32.2. The van der Waals surface area contributed by atoms with Gasteiger partial charge < -0.3 is 14.4 Å². The molecule has 0 aromatic carbocycles. The Labute approximate surface area is 113 Å². The Morgan fingerprint density at radius 1 is 1.42 bits per heavy atom. The van der Waals surface area contributed by atoms with Crippen molar-refractivity contribution in [1.29, 1.82) is 5.41 Å². The van der Waals surface area contributed by atoms with Crippen LogP contribution in [0, 0.1) is 5.41 Å². The predicted octanol–water partition coefficient (Wildman–Crippen LogP) is 1.35. The zero-order valence-corrected chi connectivity index (χ0v) is 12.3. The van der Waals surface area contributed by atoms with Crippen molar-refractivity contribution in [3.8, 4) is 0 Å². The minimum atomic E-state index is -0.730. The van der Waals surface area contributed by atoms with Crippen LogP contribution in [0.15, 0.2) is 0 Å². The third kappa shape index (κ3) is 1.94. The number of carbonyl (C=O) groups is 1. The van der Waals surface area contributed by atoms with Crippen LogP contribution < -0.4 is 5.32 Å². The molecule has 2 amide bonds. The lowest BCUT2D eigenvalue weighted by Gasteiger charge is -2.41. The second-order valence-electron chi connectivity index (χ2n) is 6.36. The number of nitrogens with zero attached hydrogens (tertiary/aromatic N) is 1. The second-order valence-corrected chi connectivity index (χ2v) is 6.36. The zero-order valence-electron chi connectivity index (χ0n) is 12.3. The fourth-order valence-corrected chi connectivity index (χ4v) is 3.51. The number of ether oxygens (including phenoxy) is 2. The van der Waals surface area contributed by atoms with Crippen LogP contribution in [0.5, 0.6) is 0 Å². The predicted molar refractivity (Wildman–Crippen MR) is 71.4 cm³/mol. The molecule has 1 atom stereocenters. The summed E-state index contributed by atoms with van der Waals surface area (Å²) in [5.74, 6) is 0.226. The molecular weight excluding hydrogens is 246 g/mol. The first-order chi connectivity index (χ1) is 8.66. The van der Waals surface area contributed by atoms with Crippen LogP contribution in [0.2, 0.25) is 0 Å². The molecule has 0 saturated carbocycles. The summed E-state index contributed by atoms with van der Waals surface area (Å²) >= 11 is 0. The molecule has 2 heterocycles. The quantitative estimate of drug-likeness (QED) is 0.812. The van der Waals surface area contributed by atoms with Crippen LogP contribution in [-0.2, 0) is 9.47 Å². The molecule has 2 N–H and O–H groups in total. The number of carbonyl (C=O) groups excluding carboxylic acids is 1. The van der Waals surface area contributed by atoms with Crippen LogP contribution in [0.1, 0.15) is 34.1 Å². The van der Waals surface area contributed by atoms with Crippen molar-refractivity contribution in [3.63, 3.8) is 0 Å². The van der Waals surface area contributed by atoms with Gasteiger partial charge in [-0.2, -0.15) is 0 Å². The lowest BCUT2D eigenvalue weighted by molar-refractivity contribution is -0.0848. The highest BCUT2D eigenvalue weighted by Gasteiger charge is 2.66. The van der Waals surface area contributed by atoms with Gasteiger partial charge in [0.1, 0.15) is 11.4 Å². The number of urea groups is 1. The first-order valence-electron chi connectivity index (χ1n) is 6.53. The molecule has 0 aromatic heterocycles. The van der Waals surface area contributed by atoms with Crippen LogP contribution in [0.3, 0.4) is 0 Å². The fraction of sp³-hybridized carbons (Fsp3) is 0.846. The van der Waals surface area contributed by atoms with Gasteiger partial charge in [0.25, 0.3) is 0 Å². The van der Waals surface area contributed by atoms with E-state index in [1.807, 2.05) is 27.7 Å². The molecule has 0 aliphatic carbocycles. The van der Waals surface area contributed by atoms with Crippen molar-refractivity contribution < 1.29 is 14.3 Å². The molecule has 2 aliphatic heterocycles. The van der Waals surface area contributed by atoms with E-state index in [4.69, 9.17) is 14.9 Å². The van der Waals surface area contributed by atoms with Crippen molar-refractivity contribution in [2.24, 2.45) is 0 Å². The van der Waals surface area contributed by atoms with E-state index in [2.05, 4.69) is 5.32 Å². The highest BCUT2D eigenvalue weighted by Crippen LogP contribution is 2.50. The number of rotatable bonds is 3. The van der Waals surface area contributed by atoms with Gasteiger partial charge in [-0.3, -0.25) is 10.7 Å². The molecule has 6 nitrogen and oxygen atoms in total. The van der Waals surface area contributed by atoms with Gasteiger partial charge in [-0.15, -0.1) is 0 Å². The molecular formula is C13H23N3O3. The van der Waals surface area contributed by atoms with Gasteiger partial charge in [-0.1, -0.05) is 0 Å². The van der Waals surface area contributed by atoms with Crippen molar-refractivity contribution in [2.75, 3.05) is 20.3 Å². The lowest BCUT2D eigenvalue weighted by atomic mass is 9.77. The largest absolute Gasteiger partial charge is 0.383 e. The molecule has 19 heavy (non-hydrogen) atoms. The van der Waals surface area contributed by atoms with Gasteiger partial charge >= 0.3 is 6.03 Å². The Balaban J connectivity index is 2.43. The average Bonchev–Trinajstić information content (AvgIpc) is 2.58. The highest BCUT2D eigenvalue weighted by atomic mass is 16.5. The monoisotopic (exact) mass is 269 g/mol. The van der Waals surface area contributed by atoms with E-state index in [0.29, 0.717) is 19.6 Å². The van der Waals surface area contributed by atoms with Crippen molar-refractivity contribution in [2.45, 2.75) is 50.9 Å². The standard InChI is InChI=1S/C13H23N3O3/c1-11(2)8-13(12(3,4)19-11)9(14)15-10(17)16(13)6-7-18-5/h6-8H2,1-5H3,(H2,14,15,17).